The van der Waals surface area contributed by atoms with Crippen molar-refractivity contribution >= 4 is 17.2 Å². The second kappa shape index (κ2) is 8.55. The molecular weight excluding hydrogens is 338 g/mol. The molecule has 2 aromatic heterocycles. The quantitative estimate of drug-likeness (QED) is 0.781. The van der Waals surface area contributed by atoms with Crippen molar-refractivity contribution in [3.05, 3.63) is 33.5 Å². The molecule has 0 bridgehead atoms. The van der Waals surface area contributed by atoms with Gasteiger partial charge in [-0.1, -0.05) is 0 Å². The summed E-state index contributed by atoms with van der Waals surface area (Å²) >= 11 is 1.58. The standard InChI is InChI=1S/C17H25N5O2S/c1-12-15(25-17(20-12)11-24-2)9-19-16(23)10-22-7-5-14(21-22)13-4-3-6-18-8-13/h5,7,13,18H,3-4,6,8-11H2,1-2H3,(H,19,23)/t13-/m0/s1. The third kappa shape index (κ3) is 4.87. The second-order valence-electron chi connectivity index (χ2n) is 6.31. The van der Waals surface area contributed by atoms with Gasteiger partial charge in [0.2, 0.25) is 5.91 Å². The summed E-state index contributed by atoms with van der Waals surface area (Å²) in [4.78, 5) is 17.7. The Kier molecular flexibility index (Phi) is 6.17. The van der Waals surface area contributed by atoms with Crippen molar-refractivity contribution < 1.29 is 9.53 Å². The average molecular weight is 363 g/mol. The van der Waals surface area contributed by atoms with E-state index in [1.165, 1.54) is 6.42 Å². The smallest absolute Gasteiger partial charge is 0.242 e. The number of methoxy groups -OCH3 is 1. The van der Waals surface area contributed by atoms with Crippen LogP contribution in [-0.4, -0.2) is 40.9 Å². The monoisotopic (exact) mass is 363 g/mol. The molecule has 136 valence electrons. The van der Waals surface area contributed by atoms with Crippen molar-refractivity contribution in [2.24, 2.45) is 0 Å². The van der Waals surface area contributed by atoms with Crippen LogP contribution in [0.15, 0.2) is 12.3 Å². The van der Waals surface area contributed by atoms with Crippen molar-refractivity contribution in [3.63, 3.8) is 0 Å². The lowest BCUT2D eigenvalue weighted by atomic mass is 9.97. The van der Waals surface area contributed by atoms with Gasteiger partial charge in [0.05, 0.1) is 24.5 Å². The van der Waals surface area contributed by atoms with Gasteiger partial charge in [0.15, 0.2) is 0 Å². The Hall–Kier alpha value is -1.77. The summed E-state index contributed by atoms with van der Waals surface area (Å²) in [6, 6.07) is 2.02. The molecule has 0 radical (unpaired) electrons. The second-order valence-corrected chi connectivity index (χ2v) is 7.48. The van der Waals surface area contributed by atoms with Gasteiger partial charge in [-0.2, -0.15) is 5.10 Å². The van der Waals surface area contributed by atoms with Crippen molar-refractivity contribution in [2.45, 2.75) is 45.4 Å². The van der Waals surface area contributed by atoms with Crippen molar-refractivity contribution in [3.8, 4) is 0 Å². The zero-order valence-corrected chi connectivity index (χ0v) is 15.6. The third-order valence-electron chi connectivity index (χ3n) is 4.33. The zero-order chi connectivity index (χ0) is 17.6. The topological polar surface area (TPSA) is 81.1 Å². The Labute approximate surface area is 151 Å². The van der Waals surface area contributed by atoms with Gasteiger partial charge < -0.3 is 15.4 Å². The number of carbonyl (C=O) groups excluding carboxylic acids is 1. The fourth-order valence-corrected chi connectivity index (χ4v) is 3.99. The number of thiazole rings is 1. The van der Waals surface area contributed by atoms with Crippen LogP contribution < -0.4 is 10.6 Å². The summed E-state index contributed by atoms with van der Waals surface area (Å²) in [6.07, 6.45) is 4.22. The van der Waals surface area contributed by atoms with E-state index in [1.54, 1.807) is 23.1 Å². The molecular formula is C17H25N5O2S. The highest BCUT2D eigenvalue weighted by molar-refractivity contribution is 7.11. The largest absolute Gasteiger partial charge is 0.378 e. The molecule has 0 unspecified atom stereocenters. The Morgan fingerprint density at radius 2 is 2.44 bits per heavy atom. The van der Waals surface area contributed by atoms with E-state index in [0.717, 1.165) is 40.8 Å². The Morgan fingerprint density at radius 1 is 1.56 bits per heavy atom. The Bertz CT molecular complexity index is 706. The molecule has 1 aliphatic heterocycles. The number of ether oxygens (including phenoxy) is 1. The molecule has 8 heteroatoms. The molecule has 0 spiro atoms. The minimum absolute atomic E-state index is 0.0440. The number of amides is 1. The van der Waals surface area contributed by atoms with E-state index in [9.17, 15) is 4.79 Å². The van der Waals surface area contributed by atoms with Crippen molar-refractivity contribution in [1.29, 1.82) is 0 Å². The van der Waals surface area contributed by atoms with Crippen molar-refractivity contribution in [2.75, 3.05) is 20.2 Å². The van der Waals surface area contributed by atoms with Crippen LogP contribution in [0.2, 0.25) is 0 Å². The van der Waals surface area contributed by atoms with Gasteiger partial charge in [0.1, 0.15) is 11.6 Å². The SMILES string of the molecule is COCc1nc(C)c(CNC(=O)Cn2ccc([C@H]3CCCNC3)n2)s1. The molecule has 3 rings (SSSR count). The van der Waals surface area contributed by atoms with Gasteiger partial charge in [0, 0.05) is 30.6 Å². The summed E-state index contributed by atoms with van der Waals surface area (Å²) in [5.74, 6) is 0.412. The predicted molar refractivity (Wildman–Crippen MR) is 96.5 cm³/mol. The maximum absolute atomic E-state index is 12.2. The number of rotatable bonds is 7. The lowest BCUT2D eigenvalue weighted by Crippen LogP contribution is -2.29. The molecule has 1 saturated heterocycles. The summed E-state index contributed by atoms with van der Waals surface area (Å²) < 4.78 is 6.82. The van der Waals surface area contributed by atoms with E-state index in [1.807, 2.05) is 19.2 Å². The van der Waals surface area contributed by atoms with Gasteiger partial charge in [-0.15, -0.1) is 11.3 Å². The van der Waals surface area contributed by atoms with E-state index < -0.39 is 0 Å². The number of aromatic nitrogens is 3. The number of nitrogens with zero attached hydrogens (tertiary/aromatic N) is 3. The number of piperidine rings is 1. The van der Waals surface area contributed by atoms with Gasteiger partial charge in [-0.25, -0.2) is 4.98 Å². The van der Waals surface area contributed by atoms with E-state index in [4.69, 9.17) is 4.74 Å². The van der Waals surface area contributed by atoms with E-state index in [0.29, 0.717) is 19.1 Å². The molecule has 0 aliphatic carbocycles. The molecule has 1 fully saturated rings. The summed E-state index contributed by atoms with van der Waals surface area (Å²) in [6.45, 7) is 5.25. The van der Waals surface area contributed by atoms with Crippen LogP contribution in [-0.2, 0) is 29.2 Å². The highest BCUT2D eigenvalue weighted by Gasteiger charge is 2.18. The molecule has 0 aromatic carbocycles. The first-order chi connectivity index (χ1) is 12.2. The Morgan fingerprint density at radius 3 is 3.20 bits per heavy atom. The molecule has 3 heterocycles. The minimum atomic E-state index is -0.0440. The summed E-state index contributed by atoms with van der Waals surface area (Å²) in [7, 11) is 1.65. The molecule has 7 nitrogen and oxygen atoms in total. The number of nitrogens with one attached hydrogen (secondary N) is 2. The molecule has 1 atom stereocenters. The van der Waals surface area contributed by atoms with E-state index in [2.05, 4.69) is 20.7 Å². The van der Waals surface area contributed by atoms with Crippen molar-refractivity contribution in [1.82, 2.24) is 25.4 Å². The fourth-order valence-electron chi connectivity index (χ4n) is 3.01. The number of carbonyl (C=O) groups is 1. The zero-order valence-electron chi connectivity index (χ0n) is 14.7. The van der Waals surface area contributed by atoms with E-state index >= 15 is 0 Å². The van der Waals surface area contributed by atoms with Gasteiger partial charge in [-0.05, 0) is 32.4 Å². The highest BCUT2D eigenvalue weighted by atomic mass is 32.1. The number of aryl methyl sites for hydroxylation is 1. The first kappa shape index (κ1) is 18.0. The first-order valence-corrected chi connectivity index (χ1v) is 9.42. The third-order valence-corrected chi connectivity index (χ3v) is 5.46. The molecule has 2 N–H and O–H groups in total. The number of hydrogen-bond acceptors (Lipinski definition) is 6. The van der Waals surface area contributed by atoms with Gasteiger partial charge in [-0.3, -0.25) is 9.48 Å². The highest BCUT2D eigenvalue weighted by Crippen LogP contribution is 2.21. The first-order valence-electron chi connectivity index (χ1n) is 8.60. The minimum Gasteiger partial charge on any atom is -0.378 e. The lowest BCUT2D eigenvalue weighted by molar-refractivity contribution is -0.122. The maximum atomic E-state index is 12.2. The maximum Gasteiger partial charge on any atom is 0.242 e. The Balaban J connectivity index is 1.50. The van der Waals surface area contributed by atoms with Gasteiger partial charge in [0.25, 0.3) is 0 Å². The van der Waals surface area contributed by atoms with Gasteiger partial charge >= 0.3 is 0 Å². The molecule has 1 amide bonds. The molecule has 1 aliphatic rings. The average Bonchev–Trinajstić information content (AvgIpc) is 3.21. The normalized spacial score (nSPS) is 17.6. The van der Waals surface area contributed by atoms with Crippen LogP contribution in [0.3, 0.4) is 0 Å². The van der Waals surface area contributed by atoms with Crippen LogP contribution in [0.4, 0.5) is 0 Å². The fraction of sp³-hybridized carbons (Fsp3) is 0.588. The molecule has 25 heavy (non-hydrogen) atoms. The van der Waals surface area contributed by atoms with Crippen LogP contribution in [0.1, 0.15) is 40.0 Å². The molecule has 0 saturated carbocycles. The number of hydrogen-bond donors (Lipinski definition) is 2. The molecule has 2 aromatic rings. The van der Waals surface area contributed by atoms with Crippen LogP contribution in [0.25, 0.3) is 0 Å². The summed E-state index contributed by atoms with van der Waals surface area (Å²) in [5, 5.41) is 11.8. The van der Waals surface area contributed by atoms with Crippen LogP contribution in [0, 0.1) is 6.92 Å². The predicted octanol–water partition coefficient (Wildman–Crippen LogP) is 1.58. The van der Waals surface area contributed by atoms with Crippen LogP contribution in [0.5, 0.6) is 0 Å². The van der Waals surface area contributed by atoms with E-state index in [-0.39, 0.29) is 12.5 Å². The summed E-state index contributed by atoms with van der Waals surface area (Å²) in [5.41, 5.74) is 2.02. The lowest BCUT2D eigenvalue weighted by Gasteiger charge is -2.20. The van der Waals surface area contributed by atoms with Crippen LogP contribution >= 0.6 is 11.3 Å².